The fraction of sp³-hybridized carbons (Fsp3) is 0.455. The first-order valence-electron chi connectivity index (χ1n) is 5.27. The Morgan fingerprint density at radius 1 is 1.22 bits per heavy atom. The molecular formula is C11H12F3N3O. The number of hydrogen-bond donors (Lipinski definition) is 0. The fourth-order valence-corrected chi connectivity index (χ4v) is 1.41. The predicted octanol–water partition coefficient (Wildman–Crippen LogP) is 2.93. The summed E-state index contributed by atoms with van der Waals surface area (Å²) in [5.74, 6) is -0.374. The van der Waals surface area contributed by atoms with Gasteiger partial charge in [-0.1, -0.05) is 20.8 Å². The van der Waals surface area contributed by atoms with E-state index in [1.807, 2.05) is 20.8 Å². The zero-order valence-corrected chi connectivity index (χ0v) is 10.1. The van der Waals surface area contributed by atoms with Crippen LogP contribution in [0.5, 0.6) is 5.75 Å². The van der Waals surface area contributed by atoms with Crippen LogP contribution >= 0.6 is 0 Å². The molecule has 4 nitrogen and oxygen atoms in total. The van der Waals surface area contributed by atoms with E-state index in [0.717, 1.165) is 11.9 Å². The van der Waals surface area contributed by atoms with Gasteiger partial charge in [0.2, 0.25) is 0 Å². The molecule has 2 rings (SSSR count). The van der Waals surface area contributed by atoms with Crippen molar-refractivity contribution in [1.82, 2.24) is 14.6 Å². The second kappa shape index (κ2) is 3.86. The second-order valence-corrected chi connectivity index (χ2v) is 4.92. The van der Waals surface area contributed by atoms with Crippen LogP contribution in [0.15, 0.2) is 18.5 Å². The van der Waals surface area contributed by atoms with Crippen molar-refractivity contribution in [2.75, 3.05) is 0 Å². The molecular weight excluding hydrogens is 247 g/mol. The van der Waals surface area contributed by atoms with Crippen molar-refractivity contribution in [1.29, 1.82) is 0 Å². The molecule has 0 aliphatic rings. The van der Waals surface area contributed by atoms with E-state index in [-0.39, 0.29) is 11.2 Å². The van der Waals surface area contributed by atoms with E-state index in [4.69, 9.17) is 0 Å². The van der Waals surface area contributed by atoms with Crippen LogP contribution in [0.1, 0.15) is 26.5 Å². The third kappa shape index (κ3) is 2.72. The highest BCUT2D eigenvalue weighted by molar-refractivity contribution is 5.44. The lowest BCUT2D eigenvalue weighted by atomic mass is 9.93. The molecule has 0 aromatic carbocycles. The zero-order chi connectivity index (χ0) is 13.6. The summed E-state index contributed by atoms with van der Waals surface area (Å²) in [6.45, 7) is 5.88. The number of ether oxygens (including phenoxy) is 1. The van der Waals surface area contributed by atoms with Crippen LogP contribution in [0.25, 0.3) is 5.65 Å². The normalized spacial score (nSPS) is 13.0. The minimum absolute atomic E-state index is 0.196. The summed E-state index contributed by atoms with van der Waals surface area (Å²) >= 11 is 0. The first-order valence-corrected chi connectivity index (χ1v) is 5.27. The van der Waals surface area contributed by atoms with Crippen molar-refractivity contribution < 1.29 is 17.9 Å². The van der Waals surface area contributed by atoms with Gasteiger partial charge in [0.05, 0.1) is 18.1 Å². The van der Waals surface area contributed by atoms with Crippen molar-refractivity contribution in [3.63, 3.8) is 0 Å². The maximum atomic E-state index is 12.1. The number of fused-ring (bicyclic) bond motifs is 1. The number of nitrogens with zero attached hydrogens (tertiary/aromatic N) is 3. The molecule has 0 saturated heterocycles. The van der Waals surface area contributed by atoms with Crippen LogP contribution in [0.3, 0.4) is 0 Å². The van der Waals surface area contributed by atoms with Crippen LogP contribution in [0.2, 0.25) is 0 Å². The molecule has 0 atom stereocenters. The molecule has 0 N–H and O–H groups in total. The van der Waals surface area contributed by atoms with Crippen LogP contribution in [-0.2, 0) is 5.41 Å². The van der Waals surface area contributed by atoms with Crippen molar-refractivity contribution in [3.05, 3.63) is 24.2 Å². The third-order valence-corrected chi connectivity index (χ3v) is 2.30. The Hall–Kier alpha value is -1.79. The lowest BCUT2D eigenvalue weighted by Gasteiger charge is -2.13. The highest BCUT2D eigenvalue weighted by Crippen LogP contribution is 2.25. The topological polar surface area (TPSA) is 39.4 Å². The molecule has 0 radical (unpaired) electrons. The van der Waals surface area contributed by atoms with Gasteiger partial charge in [0.1, 0.15) is 0 Å². The molecule has 0 aliphatic heterocycles. The minimum atomic E-state index is -4.72. The Balaban J connectivity index is 2.40. The largest absolute Gasteiger partial charge is 0.573 e. The lowest BCUT2D eigenvalue weighted by Crippen LogP contribution is -2.17. The van der Waals surface area contributed by atoms with Crippen LogP contribution in [-0.4, -0.2) is 21.0 Å². The number of alkyl halides is 3. The van der Waals surface area contributed by atoms with Crippen LogP contribution in [0, 0.1) is 0 Å². The van der Waals surface area contributed by atoms with Gasteiger partial charge in [0.25, 0.3) is 0 Å². The average Bonchev–Trinajstić information content (AvgIpc) is 2.57. The van der Waals surface area contributed by atoms with E-state index < -0.39 is 6.36 Å². The van der Waals surface area contributed by atoms with Crippen LogP contribution in [0.4, 0.5) is 13.2 Å². The predicted molar refractivity (Wildman–Crippen MR) is 58.4 cm³/mol. The first kappa shape index (κ1) is 12.7. The van der Waals surface area contributed by atoms with E-state index in [0.29, 0.717) is 5.65 Å². The summed E-state index contributed by atoms with van der Waals surface area (Å²) in [5, 5.41) is 3.83. The molecule has 0 fully saturated rings. The molecule has 7 heteroatoms. The molecule has 0 aliphatic carbocycles. The maximum absolute atomic E-state index is 12.1. The van der Waals surface area contributed by atoms with Gasteiger partial charge in [-0.2, -0.15) is 5.10 Å². The second-order valence-electron chi connectivity index (χ2n) is 4.92. The molecule has 0 unspecified atom stereocenters. The average molecular weight is 259 g/mol. The Morgan fingerprint density at radius 2 is 1.89 bits per heavy atom. The van der Waals surface area contributed by atoms with Gasteiger partial charge in [0, 0.05) is 11.5 Å². The molecule has 2 aromatic heterocycles. The van der Waals surface area contributed by atoms with E-state index in [9.17, 15) is 13.2 Å². The van der Waals surface area contributed by atoms with Gasteiger partial charge in [-0.05, 0) is 0 Å². The summed E-state index contributed by atoms with van der Waals surface area (Å²) in [4.78, 5) is 4.23. The monoisotopic (exact) mass is 259 g/mol. The van der Waals surface area contributed by atoms with Crippen molar-refractivity contribution >= 4 is 5.65 Å². The number of imidazole rings is 1. The summed E-state index contributed by atoms with van der Waals surface area (Å²) < 4.78 is 41.4. The smallest absolute Gasteiger partial charge is 0.404 e. The molecule has 98 valence electrons. The van der Waals surface area contributed by atoms with Gasteiger partial charge < -0.3 is 4.74 Å². The molecule has 0 spiro atoms. The Morgan fingerprint density at radius 3 is 2.44 bits per heavy atom. The van der Waals surface area contributed by atoms with E-state index in [1.165, 1.54) is 10.6 Å². The third-order valence-electron chi connectivity index (χ3n) is 2.30. The first-order chi connectivity index (χ1) is 8.15. The number of halogens is 3. The highest BCUT2D eigenvalue weighted by atomic mass is 19.4. The zero-order valence-electron chi connectivity index (χ0n) is 10.1. The SMILES string of the molecule is CC(C)(C)c1cn2ncc(OC(F)(F)F)cc2n1. The summed E-state index contributed by atoms with van der Waals surface area (Å²) in [6, 6.07) is 1.20. The van der Waals surface area contributed by atoms with Gasteiger partial charge in [0.15, 0.2) is 11.4 Å². The molecule has 0 amide bonds. The van der Waals surface area contributed by atoms with Gasteiger partial charge in [-0.15, -0.1) is 13.2 Å². The van der Waals surface area contributed by atoms with E-state index in [2.05, 4.69) is 14.8 Å². The number of hydrogen-bond acceptors (Lipinski definition) is 3. The van der Waals surface area contributed by atoms with Gasteiger partial charge in [-0.3, -0.25) is 0 Å². The minimum Gasteiger partial charge on any atom is -0.404 e. The van der Waals surface area contributed by atoms with Gasteiger partial charge >= 0.3 is 6.36 Å². The number of aromatic nitrogens is 3. The Labute approximate surface area is 101 Å². The fourth-order valence-electron chi connectivity index (χ4n) is 1.41. The summed E-state index contributed by atoms with van der Waals surface area (Å²) in [5.41, 5.74) is 0.875. The van der Waals surface area contributed by atoms with Crippen LogP contribution < -0.4 is 4.74 Å². The maximum Gasteiger partial charge on any atom is 0.573 e. The van der Waals surface area contributed by atoms with Gasteiger partial charge in [-0.25, -0.2) is 9.50 Å². The molecule has 18 heavy (non-hydrogen) atoms. The van der Waals surface area contributed by atoms with Crippen molar-refractivity contribution in [2.45, 2.75) is 32.5 Å². The number of rotatable bonds is 1. The highest BCUT2D eigenvalue weighted by Gasteiger charge is 2.31. The molecule has 0 bridgehead atoms. The Kier molecular flexibility index (Phi) is 2.71. The van der Waals surface area contributed by atoms with Crippen molar-refractivity contribution in [2.24, 2.45) is 0 Å². The van der Waals surface area contributed by atoms with Crippen molar-refractivity contribution in [3.8, 4) is 5.75 Å². The lowest BCUT2D eigenvalue weighted by molar-refractivity contribution is -0.274. The standard InChI is InChI=1S/C11H12F3N3O/c1-10(2,3)8-6-17-9(16-8)4-7(5-15-17)18-11(12,13)14/h4-6H,1-3H3. The van der Waals surface area contributed by atoms with E-state index in [1.54, 1.807) is 6.20 Å². The Bertz CT molecular complexity index is 569. The van der Waals surface area contributed by atoms with E-state index >= 15 is 0 Å². The molecule has 2 heterocycles. The quantitative estimate of drug-likeness (QED) is 0.790. The summed E-state index contributed by atoms with van der Waals surface area (Å²) in [7, 11) is 0. The molecule has 0 saturated carbocycles. The summed E-state index contributed by atoms with van der Waals surface area (Å²) in [6.07, 6.45) is -2.03. The molecule has 2 aromatic rings.